The standard InChI is InChI=1S/C11H11N5O4/c12-5-9(17)13-6-10-14-15-11(20-10)7-1-3-8(4-2-7)16(18)19/h1-4H,5-6,12H2,(H,13,17). The Morgan fingerprint density at radius 2 is 2.05 bits per heavy atom. The Morgan fingerprint density at radius 1 is 1.35 bits per heavy atom. The topological polar surface area (TPSA) is 137 Å². The van der Waals surface area contributed by atoms with Gasteiger partial charge in [0, 0.05) is 17.7 Å². The van der Waals surface area contributed by atoms with Crippen molar-refractivity contribution in [1.29, 1.82) is 0 Å². The maximum Gasteiger partial charge on any atom is 0.269 e. The molecule has 2 rings (SSSR count). The van der Waals surface area contributed by atoms with E-state index in [1.807, 2.05) is 0 Å². The zero-order valence-electron chi connectivity index (χ0n) is 10.3. The van der Waals surface area contributed by atoms with Crippen LogP contribution in [0, 0.1) is 10.1 Å². The molecule has 1 aromatic heterocycles. The first kappa shape index (κ1) is 13.6. The number of nitro groups is 1. The third-order valence-electron chi connectivity index (χ3n) is 2.41. The highest BCUT2D eigenvalue weighted by atomic mass is 16.6. The molecule has 1 amide bonds. The van der Waals surface area contributed by atoms with Gasteiger partial charge in [-0.3, -0.25) is 14.9 Å². The van der Waals surface area contributed by atoms with Gasteiger partial charge < -0.3 is 15.5 Å². The molecule has 9 nitrogen and oxygen atoms in total. The molecule has 3 N–H and O–H groups in total. The summed E-state index contributed by atoms with van der Waals surface area (Å²) in [6.45, 7) is -0.0423. The van der Waals surface area contributed by atoms with Gasteiger partial charge in [-0.05, 0) is 12.1 Å². The van der Waals surface area contributed by atoms with Crippen LogP contribution in [0.4, 0.5) is 5.69 Å². The Bertz CT molecular complexity index is 622. The number of carbonyl (C=O) groups is 1. The van der Waals surface area contributed by atoms with Crippen LogP contribution in [0.25, 0.3) is 11.5 Å². The van der Waals surface area contributed by atoms with E-state index in [9.17, 15) is 14.9 Å². The van der Waals surface area contributed by atoms with Gasteiger partial charge in [-0.1, -0.05) is 0 Å². The number of nitrogens with zero attached hydrogens (tertiary/aromatic N) is 3. The van der Waals surface area contributed by atoms with Gasteiger partial charge in [-0.25, -0.2) is 0 Å². The Kier molecular flexibility index (Phi) is 4.01. The highest BCUT2D eigenvalue weighted by Crippen LogP contribution is 2.21. The second-order valence-electron chi connectivity index (χ2n) is 3.79. The van der Waals surface area contributed by atoms with Crippen molar-refractivity contribution in [2.75, 3.05) is 6.54 Å². The molecule has 0 aliphatic rings. The molecule has 0 saturated heterocycles. The Hall–Kier alpha value is -2.81. The number of nitro benzene ring substituents is 1. The largest absolute Gasteiger partial charge is 0.419 e. The van der Waals surface area contributed by atoms with E-state index in [0.29, 0.717) is 5.56 Å². The van der Waals surface area contributed by atoms with E-state index >= 15 is 0 Å². The van der Waals surface area contributed by atoms with Crippen LogP contribution in [0.2, 0.25) is 0 Å². The first-order valence-electron chi connectivity index (χ1n) is 5.64. The minimum atomic E-state index is -0.495. The number of non-ortho nitro benzene ring substituents is 1. The van der Waals surface area contributed by atoms with Gasteiger partial charge >= 0.3 is 0 Å². The number of amides is 1. The summed E-state index contributed by atoms with van der Waals surface area (Å²) in [6.07, 6.45) is 0. The predicted molar refractivity (Wildman–Crippen MR) is 67.3 cm³/mol. The fraction of sp³-hybridized carbons (Fsp3) is 0.182. The van der Waals surface area contributed by atoms with Gasteiger partial charge in [0.2, 0.25) is 17.7 Å². The molecule has 0 saturated carbocycles. The average Bonchev–Trinajstić information content (AvgIpc) is 2.93. The van der Waals surface area contributed by atoms with Crippen molar-refractivity contribution in [3.05, 3.63) is 40.3 Å². The summed E-state index contributed by atoms with van der Waals surface area (Å²) >= 11 is 0. The van der Waals surface area contributed by atoms with Crippen molar-refractivity contribution in [2.45, 2.75) is 6.54 Å². The third kappa shape index (κ3) is 3.14. The van der Waals surface area contributed by atoms with Gasteiger partial charge in [0.15, 0.2) is 0 Å². The number of rotatable bonds is 5. The molecule has 0 aliphatic carbocycles. The Morgan fingerprint density at radius 3 is 2.65 bits per heavy atom. The molecule has 20 heavy (non-hydrogen) atoms. The molecule has 0 aliphatic heterocycles. The molecule has 2 aromatic rings. The van der Waals surface area contributed by atoms with Gasteiger partial charge in [-0.15, -0.1) is 10.2 Å². The Balaban J connectivity index is 2.08. The van der Waals surface area contributed by atoms with Crippen LogP contribution >= 0.6 is 0 Å². The molecule has 0 atom stereocenters. The molecule has 0 bridgehead atoms. The summed E-state index contributed by atoms with van der Waals surface area (Å²) in [5.41, 5.74) is 5.67. The van der Waals surface area contributed by atoms with E-state index < -0.39 is 4.92 Å². The lowest BCUT2D eigenvalue weighted by molar-refractivity contribution is -0.384. The van der Waals surface area contributed by atoms with Crippen molar-refractivity contribution >= 4 is 11.6 Å². The van der Waals surface area contributed by atoms with Crippen LogP contribution in [-0.4, -0.2) is 27.6 Å². The number of carbonyl (C=O) groups excluding carboxylic acids is 1. The average molecular weight is 277 g/mol. The van der Waals surface area contributed by atoms with E-state index in [2.05, 4.69) is 15.5 Å². The van der Waals surface area contributed by atoms with Crippen molar-refractivity contribution in [3.8, 4) is 11.5 Å². The van der Waals surface area contributed by atoms with Crippen molar-refractivity contribution in [3.63, 3.8) is 0 Å². The zero-order chi connectivity index (χ0) is 14.5. The van der Waals surface area contributed by atoms with E-state index in [4.69, 9.17) is 10.2 Å². The van der Waals surface area contributed by atoms with E-state index in [1.165, 1.54) is 24.3 Å². The second kappa shape index (κ2) is 5.89. The second-order valence-corrected chi connectivity index (χ2v) is 3.79. The molecular formula is C11H11N5O4. The van der Waals surface area contributed by atoms with E-state index in [0.717, 1.165) is 0 Å². The maximum atomic E-state index is 11.0. The number of nitrogens with two attached hydrogens (primary N) is 1. The normalized spacial score (nSPS) is 10.2. The highest BCUT2D eigenvalue weighted by molar-refractivity contribution is 5.77. The first-order valence-corrected chi connectivity index (χ1v) is 5.64. The van der Waals surface area contributed by atoms with Gasteiger partial charge in [0.1, 0.15) is 0 Å². The summed E-state index contributed by atoms with van der Waals surface area (Å²) in [5.74, 6) is 0.108. The molecular weight excluding hydrogens is 266 g/mol. The maximum absolute atomic E-state index is 11.0. The van der Waals surface area contributed by atoms with E-state index in [1.54, 1.807) is 0 Å². The molecule has 104 valence electrons. The minimum absolute atomic E-state index is 0.0244. The lowest BCUT2D eigenvalue weighted by atomic mass is 10.2. The molecule has 0 spiro atoms. The lowest BCUT2D eigenvalue weighted by Gasteiger charge is -1.98. The van der Waals surface area contributed by atoms with Crippen LogP contribution in [0.1, 0.15) is 5.89 Å². The molecule has 0 unspecified atom stereocenters. The summed E-state index contributed by atoms with van der Waals surface area (Å²) in [5, 5.41) is 20.6. The van der Waals surface area contributed by atoms with Crippen molar-refractivity contribution in [2.24, 2.45) is 5.73 Å². The van der Waals surface area contributed by atoms with Crippen molar-refractivity contribution < 1.29 is 14.1 Å². The number of aromatic nitrogens is 2. The smallest absolute Gasteiger partial charge is 0.269 e. The van der Waals surface area contributed by atoms with Gasteiger partial charge in [0.25, 0.3) is 5.69 Å². The van der Waals surface area contributed by atoms with Crippen LogP contribution in [-0.2, 0) is 11.3 Å². The summed E-state index contributed by atoms with van der Waals surface area (Å²) in [6, 6.07) is 5.70. The molecule has 0 radical (unpaired) electrons. The van der Waals surface area contributed by atoms with Crippen LogP contribution in [0.5, 0.6) is 0 Å². The number of nitrogens with one attached hydrogen (secondary N) is 1. The quantitative estimate of drug-likeness (QED) is 0.588. The first-order chi connectivity index (χ1) is 9.60. The van der Waals surface area contributed by atoms with Crippen LogP contribution in [0.15, 0.2) is 28.7 Å². The van der Waals surface area contributed by atoms with Crippen molar-refractivity contribution in [1.82, 2.24) is 15.5 Å². The molecule has 1 heterocycles. The molecule has 9 heteroatoms. The number of benzene rings is 1. The lowest BCUT2D eigenvalue weighted by Crippen LogP contribution is -2.29. The third-order valence-corrected chi connectivity index (χ3v) is 2.41. The molecule has 0 fully saturated rings. The fourth-order valence-corrected chi connectivity index (χ4v) is 1.41. The fourth-order valence-electron chi connectivity index (χ4n) is 1.41. The monoisotopic (exact) mass is 277 g/mol. The van der Waals surface area contributed by atoms with E-state index in [-0.39, 0.29) is 36.5 Å². The van der Waals surface area contributed by atoms with Gasteiger partial charge in [0.05, 0.1) is 18.0 Å². The zero-order valence-corrected chi connectivity index (χ0v) is 10.3. The van der Waals surface area contributed by atoms with Crippen LogP contribution in [0.3, 0.4) is 0 Å². The SMILES string of the molecule is NCC(=O)NCc1nnc(-c2ccc([N+](=O)[O-])cc2)o1. The van der Waals surface area contributed by atoms with Gasteiger partial charge in [-0.2, -0.15) is 0 Å². The number of hydrogen-bond acceptors (Lipinski definition) is 7. The Labute approximate surface area is 112 Å². The van der Waals surface area contributed by atoms with Crippen LogP contribution < -0.4 is 11.1 Å². The highest BCUT2D eigenvalue weighted by Gasteiger charge is 2.11. The molecule has 1 aromatic carbocycles. The number of hydrogen-bond donors (Lipinski definition) is 2. The summed E-state index contributed by atoms with van der Waals surface area (Å²) in [7, 11) is 0. The minimum Gasteiger partial charge on any atom is -0.419 e. The summed E-state index contributed by atoms with van der Waals surface area (Å²) in [4.78, 5) is 21.0. The predicted octanol–water partition coefficient (Wildman–Crippen LogP) is 0.220. The summed E-state index contributed by atoms with van der Waals surface area (Å²) < 4.78 is 5.32.